The van der Waals surface area contributed by atoms with Crippen molar-refractivity contribution in [3.8, 4) is 11.3 Å². The smallest absolute Gasteiger partial charge is 0.298 e. The van der Waals surface area contributed by atoms with Gasteiger partial charge in [-0.15, -0.1) is 0 Å². The molecule has 1 aromatic heterocycles. The molecule has 0 saturated carbocycles. The molecular formula is C13H5Cl3F3NO. The molecule has 0 atom stereocenters. The Morgan fingerprint density at radius 3 is 2.29 bits per heavy atom. The highest BCUT2D eigenvalue weighted by molar-refractivity contribution is 6.49. The third-order valence-electron chi connectivity index (χ3n) is 2.68. The molecule has 0 aliphatic rings. The number of carbonyl (C=O) groups is 1. The average molecular weight is 355 g/mol. The van der Waals surface area contributed by atoms with E-state index in [0.29, 0.717) is 0 Å². The summed E-state index contributed by atoms with van der Waals surface area (Å²) in [6.45, 7) is 0. The summed E-state index contributed by atoms with van der Waals surface area (Å²) in [6.07, 6.45) is -3.57. The van der Waals surface area contributed by atoms with Gasteiger partial charge in [0.05, 0.1) is 26.3 Å². The molecular weight excluding hydrogens is 350 g/mol. The molecule has 2 rings (SSSR count). The zero-order valence-electron chi connectivity index (χ0n) is 10.0. The van der Waals surface area contributed by atoms with E-state index in [-0.39, 0.29) is 26.9 Å². The largest absolute Gasteiger partial charge is 0.419 e. The van der Waals surface area contributed by atoms with Crippen molar-refractivity contribution in [1.29, 1.82) is 0 Å². The molecule has 2 aromatic rings. The van der Waals surface area contributed by atoms with Crippen molar-refractivity contribution < 1.29 is 18.0 Å². The third kappa shape index (κ3) is 3.00. The van der Waals surface area contributed by atoms with E-state index in [1.165, 1.54) is 12.1 Å². The van der Waals surface area contributed by atoms with Crippen LogP contribution in [-0.2, 0) is 6.18 Å². The topological polar surface area (TPSA) is 30.0 Å². The molecule has 8 heteroatoms. The van der Waals surface area contributed by atoms with E-state index in [1.807, 2.05) is 0 Å². The maximum Gasteiger partial charge on any atom is 0.419 e. The zero-order chi connectivity index (χ0) is 15.8. The summed E-state index contributed by atoms with van der Waals surface area (Å²) < 4.78 is 39.6. The van der Waals surface area contributed by atoms with E-state index in [2.05, 4.69) is 4.98 Å². The fourth-order valence-electron chi connectivity index (χ4n) is 1.79. The Labute approximate surface area is 132 Å². The number of aldehydes is 1. The number of halogens is 6. The second-order valence-electron chi connectivity index (χ2n) is 3.96. The minimum atomic E-state index is -4.77. The van der Waals surface area contributed by atoms with Crippen molar-refractivity contribution >= 4 is 41.1 Å². The first-order valence-corrected chi connectivity index (χ1v) is 6.56. The molecule has 0 radical (unpaired) electrons. The van der Waals surface area contributed by atoms with E-state index in [4.69, 9.17) is 34.8 Å². The van der Waals surface area contributed by atoms with Gasteiger partial charge in [-0.05, 0) is 18.2 Å². The Morgan fingerprint density at radius 2 is 1.71 bits per heavy atom. The van der Waals surface area contributed by atoms with Crippen molar-refractivity contribution in [2.75, 3.05) is 0 Å². The molecule has 0 saturated heterocycles. The normalized spacial score (nSPS) is 11.5. The predicted molar refractivity (Wildman–Crippen MR) is 75.1 cm³/mol. The highest BCUT2D eigenvalue weighted by atomic mass is 35.5. The van der Waals surface area contributed by atoms with Gasteiger partial charge in [-0.25, -0.2) is 0 Å². The molecule has 0 N–H and O–H groups in total. The van der Waals surface area contributed by atoms with Crippen LogP contribution in [0.5, 0.6) is 0 Å². The second kappa shape index (κ2) is 5.83. The first kappa shape index (κ1) is 16.1. The molecule has 2 nitrogen and oxygen atoms in total. The van der Waals surface area contributed by atoms with Crippen LogP contribution in [0.3, 0.4) is 0 Å². The monoisotopic (exact) mass is 353 g/mol. The first-order chi connectivity index (χ1) is 9.77. The fourth-order valence-corrected chi connectivity index (χ4v) is 2.41. The van der Waals surface area contributed by atoms with Gasteiger partial charge in [-0.3, -0.25) is 9.78 Å². The average Bonchev–Trinajstić information content (AvgIpc) is 2.43. The lowest BCUT2D eigenvalue weighted by atomic mass is 10.0. The van der Waals surface area contributed by atoms with Crippen molar-refractivity contribution in [1.82, 2.24) is 4.98 Å². The Morgan fingerprint density at radius 1 is 1.05 bits per heavy atom. The van der Waals surface area contributed by atoms with Crippen LogP contribution in [0, 0.1) is 0 Å². The number of pyridine rings is 1. The molecule has 0 bridgehead atoms. The van der Waals surface area contributed by atoms with Gasteiger partial charge in [-0.2, -0.15) is 13.2 Å². The van der Waals surface area contributed by atoms with Crippen LogP contribution in [0.1, 0.15) is 15.9 Å². The Hall–Kier alpha value is -1.30. The maximum atomic E-state index is 13.2. The lowest BCUT2D eigenvalue weighted by Gasteiger charge is -2.15. The molecule has 0 aliphatic carbocycles. The highest BCUT2D eigenvalue weighted by Crippen LogP contribution is 2.43. The van der Waals surface area contributed by atoms with Crippen LogP contribution in [0.4, 0.5) is 13.2 Å². The SMILES string of the molecule is O=Cc1ccnc(-c2ccc(Cl)c(Cl)c2Cl)c1C(F)(F)F. The number of rotatable bonds is 2. The molecule has 0 aliphatic heterocycles. The molecule has 0 unspecified atom stereocenters. The Kier molecular flexibility index (Phi) is 4.46. The van der Waals surface area contributed by atoms with E-state index in [9.17, 15) is 18.0 Å². The standard InChI is InChI=1S/C13H5Cl3F3NO/c14-8-2-1-7(10(15)11(8)16)12-9(13(17,18)19)6(5-21)3-4-20-12/h1-5H. The number of hydrogen-bond acceptors (Lipinski definition) is 2. The predicted octanol–water partition coefficient (Wildman–Crippen LogP) is 5.54. The molecule has 1 heterocycles. The summed E-state index contributed by atoms with van der Waals surface area (Å²) in [5.41, 5.74) is -2.23. The number of aromatic nitrogens is 1. The minimum absolute atomic E-state index is 0.0536. The van der Waals surface area contributed by atoms with Crippen molar-refractivity contribution in [3.63, 3.8) is 0 Å². The van der Waals surface area contributed by atoms with E-state index in [1.54, 1.807) is 0 Å². The van der Waals surface area contributed by atoms with E-state index in [0.717, 1.165) is 12.3 Å². The van der Waals surface area contributed by atoms with Crippen LogP contribution >= 0.6 is 34.8 Å². The van der Waals surface area contributed by atoms with Crippen molar-refractivity contribution in [3.05, 3.63) is 50.6 Å². The van der Waals surface area contributed by atoms with Gasteiger partial charge >= 0.3 is 6.18 Å². The number of hydrogen-bond donors (Lipinski definition) is 0. The lowest BCUT2D eigenvalue weighted by Crippen LogP contribution is -2.12. The van der Waals surface area contributed by atoms with Crippen LogP contribution in [0.15, 0.2) is 24.4 Å². The van der Waals surface area contributed by atoms with E-state index < -0.39 is 23.0 Å². The summed E-state index contributed by atoms with van der Waals surface area (Å²) in [7, 11) is 0. The summed E-state index contributed by atoms with van der Waals surface area (Å²) in [6, 6.07) is 3.55. The molecule has 1 aromatic carbocycles. The lowest BCUT2D eigenvalue weighted by molar-refractivity contribution is -0.137. The van der Waals surface area contributed by atoms with Gasteiger partial charge in [0.15, 0.2) is 6.29 Å². The van der Waals surface area contributed by atoms with Gasteiger partial charge in [-0.1, -0.05) is 34.8 Å². The molecule has 110 valence electrons. The van der Waals surface area contributed by atoms with Gasteiger partial charge in [0.25, 0.3) is 0 Å². The number of benzene rings is 1. The maximum absolute atomic E-state index is 13.2. The Bertz CT molecular complexity index is 717. The highest BCUT2D eigenvalue weighted by Gasteiger charge is 2.37. The van der Waals surface area contributed by atoms with E-state index >= 15 is 0 Å². The summed E-state index contributed by atoms with van der Waals surface area (Å²) in [5, 5.41) is -0.141. The zero-order valence-corrected chi connectivity index (χ0v) is 12.3. The van der Waals surface area contributed by atoms with Crippen LogP contribution in [0.25, 0.3) is 11.3 Å². The van der Waals surface area contributed by atoms with Crippen LogP contribution < -0.4 is 0 Å². The van der Waals surface area contributed by atoms with Crippen LogP contribution in [0.2, 0.25) is 15.1 Å². The summed E-state index contributed by atoms with van der Waals surface area (Å²) >= 11 is 17.5. The van der Waals surface area contributed by atoms with Gasteiger partial charge in [0, 0.05) is 17.3 Å². The second-order valence-corrected chi connectivity index (χ2v) is 5.13. The first-order valence-electron chi connectivity index (χ1n) is 5.42. The van der Waals surface area contributed by atoms with Crippen molar-refractivity contribution in [2.24, 2.45) is 0 Å². The molecule has 0 spiro atoms. The minimum Gasteiger partial charge on any atom is -0.298 e. The van der Waals surface area contributed by atoms with Gasteiger partial charge in [0.2, 0.25) is 0 Å². The number of carbonyl (C=O) groups excluding carboxylic acids is 1. The quantitative estimate of drug-likeness (QED) is 0.523. The molecule has 0 amide bonds. The third-order valence-corrected chi connectivity index (χ3v) is 3.98. The fraction of sp³-hybridized carbons (Fsp3) is 0.0769. The van der Waals surface area contributed by atoms with Crippen LogP contribution in [-0.4, -0.2) is 11.3 Å². The van der Waals surface area contributed by atoms with Gasteiger partial charge < -0.3 is 0 Å². The van der Waals surface area contributed by atoms with Crippen molar-refractivity contribution in [2.45, 2.75) is 6.18 Å². The number of nitrogens with zero attached hydrogens (tertiary/aromatic N) is 1. The number of alkyl halides is 3. The van der Waals surface area contributed by atoms with Gasteiger partial charge in [0.1, 0.15) is 0 Å². The Balaban J connectivity index is 2.82. The summed E-state index contributed by atoms with van der Waals surface area (Å²) in [5.74, 6) is 0. The summed E-state index contributed by atoms with van der Waals surface area (Å²) in [4.78, 5) is 14.5. The molecule has 0 fully saturated rings. The molecule has 21 heavy (non-hydrogen) atoms.